The molecule has 0 radical (unpaired) electrons. The van der Waals surface area contributed by atoms with E-state index in [0.29, 0.717) is 67.1 Å². The summed E-state index contributed by atoms with van der Waals surface area (Å²) in [5.74, 6) is -0.188. The van der Waals surface area contributed by atoms with E-state index in [2.05, 4.69) is 76.5 Å². The molecule has 4 atom stereocenters. The third kappa shape index (κ3) is 10.8. The first-order chi connectivity index (χ1) is 32.0. The van der Waals surface area contributed by atoms with Crippen LogP contribution in [0.3, 0.4) is 0 Å². The van der Waals surface area contributed by atoms with E-state index in [9.17, 15) is 19.5 Å². The molecule has 2 bridgehead atoms. The lowest BCUT2D eigenvalue weighted by molar-refractivity contribution is -0.162. The minimum Gasteiger partial charge on any atom is -0.488 e. The minimum absolute atomic E-state index is 0.275. The molecule has 4 unspecified atom stereocenters. The molecule has 354 valence electrons. The highest BCUT2D eigenvalue weighted by molar-refractivity contribution is 6.05. The Labute approximate surface area is 388 Å². The number of hydrazine groups is 1. The number of rotatable bonds is 20. The highest BCUT2D eigenvalue weighted by Gasteiger charge is 2.52. The Kier molecular flexibility index (Phi) is 14.8. The van der Waals surface area contributed by atoms with Gasteiger partial charge in [-0.25, -0.2) is 4.98 Å². The number of allylic oxidation sites excluding steroid dienone is 1. The number of aromatic nitrogens is 1. The summed E-state index contributed by atoms with van der Waals surface area (Å²) >= 11 is 0. The molecule has 0 spiro atoms. The number of benzene rings is 2. The van der Waals surface area contributed by atoms with Crippen LogP contribution in [0.15, 0.2) is 84.5 Å². The summed E-state index contributed by atoms with van der Waals surface area (Å²) in [5.41, 5.74) is 16.9. The third-order valence-electron chi connectivity index (χ3n) is 13.8. The summed E-state index contributed by atoms with van der Waals surface area (Å²) in [6.45, 7) is 9.55. The molecule has 8 N–H and O–H groups in total. The summed E-state index contributed by atoms with van der Waals surface area (Å²) in [6.07, 6.45) is 9.29. The number of nitrogens with two attached hydrogens (primary N) is 1. The number of carboxylic acid groups (broad SMARTS) is 1. The van der Waals surface area contributed by atoms with Gasteiger partial charge in [0, 0.05) is 86.6 Å². The number of fused-ring (bicyclic) bond motifs is 2. The number of anilines is 2. The lowest BCUT2D eigenvalue weighted by atomic mass is 9.68. The largest absolute Gasteiger partial charge is 0.488 e. The van der Waals surface area contributed by atoms with Crippen LogP contribution in [-0.2, 0) is 21.0 Å². The standard InChI is InChI=1S/C49H67N11O6/c1-33-29-51-22-24-58(33)25-26-65-44-27-36(18-21-52-44)60-37-16-17-38(60)31-59(30-37)42-28-41(55-56-45(42)50)39-9-4-5-11-43(39)66-32-34-12-14-35(15-13-34)53-46(61)40(10-6-7-23-57(2)3)54-47(62)49(48(63)64)19-8-20-49/h4-5,9,11-15,18,21,27-28,33,37-38,40,51,55-56H,6-8,10,16-17,19-20,22-26,29-32,50H2,1-3H3,(H,53,61)(H,54,62)(H,63,64). The summed E-state index contributed by atoms with van der Waals surface area (Å²) in [5, 5.41) is 19.0. The molecule has 5 aliphatic rings. The molecular formula is C49H67N11O6. The van der Waals surface area contributed by atoms with Crippen LogP contribution in [0.25, 0.3) is 5.70 Å². The van der Waals surface area contributed by atoms with Gasteiger partial charge < -0.3 is 51.0 Å². The summed E-state index contributed by atoms with van der Waals surface area (Å²) in [4.78, 5) is 52.8. The highest BCUT2D eigenvalue weighted by atomic mass is 16.5. The van der Waals surface area contributed by atoms with Crippen molar-refractivity contribution >= 4 is 34.9 Å². The molecule has 4 fully saturated rings. The highest BCUT2D eigenvalue weighted by Crippen LogP contribution is 2.42. The first-order valence-corrected chi connectivity index (χ1v) is 23.6. The number of carbonyl (C=O) groups is 3. The Morgan fingerprint density at radius 3 is 2.50 bits per heavy atom. The van der Waals surface area contributed by atoms with Gasteiger partial charge in [0.25, 0.3) is 0 Å². The van der Waals surface area contributed by atoms with Crippen molar-refractivity contribution in [3.63, 3.8) is 0 Å². The molecule has 3 aromatic rings. The molecule has 1 aliphatic carbocycles. The molecule has 2 amide bonds. The Bertz CT molecular complexity index is 2230. The van der Waals surface area contributed by atoms with E-state index in [4.69, 9.17) is 15.2 Å². The Morgan fingerprint density at radius 2 is 1.79 bits per heavy atom. The van der Waals surface area contributed by atoms with Crippen molar-refractivity contribution in [3.05, 3.63) is 95.6 Å². The maximum atomic E-state index is 13.6. The van der Waals surface area contributed by atoms with Gasteiger partial charge in [0.05, 0.1) is 11.4 Å². The van der Waals surface area contributed by atoms with Crippen molar-refractivity contribution in [2.24, 2.45) is 11.1 Å². The van der Waals surface area contributed by atoms with Crippen LogP contribution in [0.4, 0.5) is 11.4 Å². The summed E-state index contributed by atoms with van der Waals surface area (Å²) in [6, 6.07) is 19.7. The van der Waals surface area contributed by atoms with Crippen molar-refractivity contribution in [1.29, 1.82) is 0 Å². The van der Waals surface area contributed by atoms with E-state index in [0.717, 1.165) is 93.3 Å². The van der Waals surface area contributed by atoms with Gasteiger partial charge in [-0.3, -0.25) is 30.1 Å². The van der Waals surface area contributed by atoms with Gasteiger partial charge in [0.1, 0.15) is 36.2 Å². The second-order valence-corrected chi connectivity index (χ2v) is 18.6. The van der Waals surface area contributed by atoms with Gasteiger partial charge in [-0.2, -0.15) is 0 Å². The van der Waals surface area contributed by atoms with Crippen LogP contribution < -0.4 is 46.9 Å². The number of para-hydroxylation sites is 1. The smallest absolute Gasteiger partial charge is 0.319 e. The number of piperazine rings is 2. The van der Waals surface area contributed by atoms with Crippen LogP contribution >= 0.6 is 0 Å². The zero-order chi connectivity index (χ0) is 46.2. The molecule has 8 rings (SSSR count). The predicted octanol–water partition coefficient (Wildman–Crippen LogP) is 3.67. The van der Waals surface area contributed by atoms with Gasteiger partial charge in [0.2, 0.25) is 17.7 Å². The van der Waals surface area contributed by atoms with Gasteiger partial charge in [-0.15, -0.1) is 0 Å². The zero-order valence-electron chi connectivity index (χ0n) is 38.6. The Hall–Kier alpha value is -6.04. The van der Waals surface area contributed by atoms with Crippen LogP contribution in [-0.4, -0.2) is 133 Å². The molecule has 66 heavy (non-hydrogen) atoms. The number of carboxylic acids is 1. The van der Waals surface area contributed by atoms with E-state index >= 15 is 0 Å². The van der Waals surface area contributed by atoms with Crippen LogP contribution in [0.5, 0.6) is 11.6 Å². The first-order valence-electron chi connectivity index (χ1n) is 23.6. The van der Waals surface area contributed by atoms with Gasteiger partial charge >= 0.3 is 5.97 Å². The molecule has 5 heterocycles. The number of pyridine rings is 1. The number of amides is 2. The van der Waals surface area contributed by atoms with E-state index in [1.807, 2.05) is 56.7 Å². The lowest BCUT2D eigenvalue weighted by Crippen LogP contribution is -2.55. The molecule has 17 heteroatoms. The minimum atomic E-state index is -1.46. The van der Waals surface area contributed by atoms with Crippen LogP contribution in [0.2, 0.25) is 0 Å². The van der Waals surface area contributed by atoms with Crippen molar-refractivity contribution in [3.8, 4) is 11.6 Å². The molecular weight excluding hydrogens is 839 g/mol. The van der Waals surface area contributed by atoms with E-state index in [-0.39, 0.29) is 25.4 Å². The van der Waals surface area contributed by atoms with E-state index < -0.39 is 23.3 Å². The number of unbranched alkanes of at least 4 members (excludes halogenated alkanes) is 1. The van der Waals surface area contributed by atoms with Crippen molar-refractivity contribution in [2.45, 2.75) is 89.1 Å². The lowest BCUT2D eigenvalue weighted by Gasteiger charge is -2.44. The first kappa shape index (κ1) is 46.5. The van der Waals surface area contributed by atoms with E-state index in [1.54, 1.807) is 12.1 Å². The number of nitrogens with one attached hydrogen (secondary N) is 5. The zero-order valence-corrected chi connectivity index (χ0v) is 38.6. The average Bonchev–Trinajstić information content (AvgIpc) is 3.56. The topological polar surface area (TPSA) is 202 Å². The maximum absolute atomic E-state index is 13.6. The molecule has 4 aliphatic heterocycles. The Morgan fingerprint density at radius 1 is 1.02 bits per heavy atom. The third-order valence-corrected chi connectivity index (χ3v) is 13.8. The predicted molar refractivity (Wildman–Crippen MR) is 254 cm³/mol. The SMILES string of the molecule is CC1CNCCN1CCOc1cc(N2C3CCC2CN(C2=C(N)NNC(c4ccccc4OCc4ccc(NC(=O)C(CCCCN(C)C)NC(=O)C5(C(=O)O)CCC5)cc4)=C2)C3)ccn1. The van der Waals surface area contributed by atoms with Crippen LogP contribution in [0.1, 0.15) is 69.4 Å². The van der Waals surface area contributed by atoms with Crippen molar-refractivity contribution < 1.29 is 29.0 Å². The molecule has 17 nitrogen and oxygen atoms in total. The number of carbonyl (C=O) groups excluding carboxylic acids is 2. The fourth-order valence-corrected chi connectivity index (χ4v) is 9.80. The number of aliphatic carboxylic acids is 1. The Balaban J connectivity index is 0.870. The quantitative estimate of drug-likeness (QED) is 0.0640. The van der Waals surface area contributed by atoms with Crippen molar-refractivity contribution in [1.82, 2.24) is 41.2 Å². The van der Waals surface area contributed by atoms with Crippen molar-refractivity contribution in [2.75, 3.05) is 76.7 Å². The second kappa shape index (κ2) is 21.1. The summed E-state index contributed by atoms with van der Waals surface area (Å²) < 4.78 is 12.6. The van der Waals surface area contributed by atoms with Crippen LogP contribution in [0, 0.1) is 5.41 Å². The van der Waals surface area contributed by atoms with Gasteiger partial charge in [0.15, 0.2) is 0 Å². The summed E-state index contributed by atoms with van der Waals surface area (Å²) in [7, 11) is 3.97. The number of hydrogen-bond donors (Lipinski definition) is 7. The fraction of sp³-hybridized carbons (Fsp3) is 0.510. The number of ether oxygens (including phenoxy) is 2. The van der Waals surface area contributed by atoms with Gasteiger partial charge in [-0.1, -0.05) is 30.7 Å². The van der Waals surface area contributed by atoms with E-state index in [1.165, 1.54) is 0 Å². The van der Waals surface area contributed by atoms with Gasteiger partial charge in [-0.05, 0) is 114 Å². The molecule has 2 aromatic carbocycles. The maximum Gasteiger partial charge on any atom is 0.319 e. The molecule has 3 saturated heterocycles. The number of nitrogens with zero attached hydrogens (tertiary/aromatic N) is 5. The fourth-order valence-electron chi connectivity index (χ4n) is 9.80. The number of hydrogen-bond acceptors (Lipinski definition) is 14. The average molecular weight is 906 g/mol. The normalized spacial score (nSPS) is 21.8. The molecule has 1 saturated carbocycles. The monoisotopic (exact) mass is 906 g/mol. The molecule has 1 aromatic heterocycles. The number of likely N-dealkylation sites (tertiary alicyclic amines) is 1. The second-order valence-electron chi connectivity index (χ2n) is 18.6.